The fraction of sp³-hybridized carbons (Fsp3) is 0.364. The largest absolute Gasteiger partial charge is 0.494 e. The number of nitrogens with zero attached hydrogens (tertiary/aromatic N) is 1. The van der Waals surface area contributed by atoms with Crippen molar-refractivity contribution in [3.05, 3.63) is 60.2 Å². The average Bonchev–Trinajstić information content (AvgIpc) is 3.10. The van der Waals surface area contributed by atoms with Gasteiger partial charge in [-0.1, -0.05) is 26.0 Å². The second kappa shape index (κ2) is 9.35. The van der Waals surface area contributed by atoms with E-state index in [2.05, 4.69) is 29.1 Å². The van der Waals surface area contributed by atoms with E-state index < -0.39 is 0 Å². The van der Waals surface area contributed by atoms with Gasteiger partial charge in [0.2, 0.25) is 5.91 Å². The monoisotopic (exact) mass is 383 g/mol. The van der Waals surface area contributed by atoms with Crippen LogP contribution in [-0.2, 0) is 4.79 Å². The van der Waals surface area contributed by atoms with Gasteiger partial charge in [-0.3, -0.25) is 4.79 Å². The first kappa shape index (κ1) is 19.9. The summed E-state index contributed by atoms with van der Waals surface area (Å²) in [5, 5.41) is 3.09. The van der Waals surface area contributed by atoms with E-state index in [0.717, 1.165) is 23.3 Å². The Morgan fingerprint density at radius 2 is 1.93 bits per heavy atom. The number of amides is 1. The smallest absolute Gasteiger partial charge is 0.220 e. The molecular formula is C22H26FN3O2. The van der Waals surface area contributed by atoms with Crippen molar-refractivity contribution in [3.63, 3.8) is 0 Å². The molecule has 0 bridgehead atoms. The van der Waals surface area contributed by atoms with Crippen LogP contribution in [0.5, 0.6) is 5.75 Å². The molecule has 0 aliphatic heterocycles. The molecule has 0 unspecified atom stereocenters. The number of carbonyl (C=O) groups is 1. The summed E-state index contributed by atoms with van der Waals surface area (Å²) < 4.78 is 18.4. The zero-order chi connectivity index (χ0) is 19.9. The molecule has 0 fully saturated rings. The van der Waals surface area contributed by atoms with Crippen LogP contribution in [0.1, 0.15) is 45.0 Å². The van der Waals surface area contributed by atoms with E-state index in [1.807, 2.05) is 24.3 Å². The summed E-state index contributed by atoms with van der Waals surface area (Å²) in [5.74, 6) is 1.47. The molecule has 0 radical (unpaired) electrons. The predicted molar refractivity (Wildman–Crippen MR) is 108 cm³/mol. The van der Waals surface area contributed by atoms with Crippen molar-refractivity contribution in [2.24, 2.45) is 5.92 Å². The van der Waals surface area contributed by atoms with Gasteiger partial charge in [-0.2, -0.15) is 0 Å². The van der Waals surface area contributed by atoms with Crippen molar-refractivity contribution in [3.8, 4) is 5.75 Å². The number of halogens is 1. The molecule has 1 heterocycles. The normalized spacial score (nSPS) is 12.3. The highest BCUT2D eigenvalue weighted by molar-refractivity contribution is 5.77. The third-order valence-electron chi connectivity index (χ3n) is 4.41. The van der Waals surface area contributed by atoms with Gasteiger partial charge in [-0.15, -0.1) is 0 Å². The fourth-order valence-corrected chi connectivity index (χ4v) is 3.07. The zero-order valence-corrected chi connectivity index (χ0v) is 16.2. The van der Waals surface area contributed by atoms with E-state index in [1.54, 1.807) is 12.1 Å². The number of imidazole rings is 1. The highest BCUT2D eigenvalue weighted by atomic mass is 19.1. The van der Waals surface area contributed by atoms with Crippen LogP contribution in [0, 0.1) is 11.7 Å². The number of carbonyl (C=O) groups excluding carboxylic acids is 1. The van der Waals surface area contributed by atoms with Gasteiger partial charge < -0.3 is 15.0 Å². The van der Waals surface area contributed by atoms with Crippen LogP contribution in [0.4, 0.5) is 4.39 Å². The van der Waals surface area contributed by atoms with Gasteiger partial charge in [0.15, 0.2) is 0 Å². The third kappa shape index (κ3) is 5.55. The molecule has 1 aromatic heterocycles. The molecule has 0 aliphatic carbocycles. The number of para-hydroxylation sites is 2. The highest BCUT2D eigenvalue weighted by Gasteiger charge is 2.19. The van der Waals surface area contributed by atoms with E-state index in [0.29, 0.717) is 31.1 Å². The van der Waals surface area contributed by atoms with Crippen LogP contribution in [-0.4, -0.2) is 22.5 Å². The van der Waals surface area contributed by atoms with Crippen LogP contribution in [0.3, 0.4) is 0 Å². The van der Waals surface area contributed by atoms with Crippen molar-refractivity contribution in [2.45, 2.75) is 39.2 Å². The Morgan fingerprint density at radius 1 is 1.18 bits per heavy atom. The van der Waals surface area contributed by atoms with Crippen molar-refractivity contribution >= 4 is 16.9 Å². The number of ether oxygens (including phenoxy) is 1. The Hall–Kier alpha value is -2.89. The van der Waals surface area contributed by atoms with Gasteiger partial charge in [0.05, 0.1) is 23.7 Å². The van der Waals surface area contributed by atoms with Crippen LogP contribution in [0.2, 0.25) is 0 Å². The molecule has 2 aromatic carbocycles. The number of benzene rings is 2. The molecule has 3 aromatic rings. The third-order valence-corrected chi connectivity index (χ3v) is 4.41. The molecule has 148 valence electrons. The molecule has 6 heteroatoms. The summed E-state index contributed by atoms with van der Waals surface area (Å²) in [4.78, 5) is 20.4. The first-order valence-electron chi connectivity index (χ1n) is 9.63. The lowest BCUT2D eigenvalue weighted by Gasteiger charge is -2.18. The summed E-state index contributed by atoms with van der Waals surface area (Å²) in [5.41, 5.74) is 1.86. The quantitative estimate of drug-likeness (QED) is 0.523. The maximum Gasteiger partial charge on any atom is 0.220 e. The maximum atomic E-state index is 12.9. The van der Waals surface area contributed by atoms with Gasteiger partial charge in [-0.25, -0.2) is 9.37 Å². The van der Waals surface area contributed by atoms with Crippen LogP contribution in [0.25, 0.3) is 11.0 Å². The molecule has 2 N–H and O–H groups in total. The number of nitrogens with one attached hydrogen (secondary N) is 2. The number of aromatic nitrogens is 2. The van der Waals surface area contributed by atoms with E-state index in [-0.39, 0.29) is 17.8 Å². The molecule has 0 aliphatic rings. The van der Waals surface area contributed by atoms with Crippen molar-refractivity contribution in [1.29, 1.82) is 0 Å². The Balaban J connectivity index is 1.53. The Labute approximate surface area is 164 Å². The lowest BCUT2D eigenvalue weighted by molar-refractivity contribution is -0.122. The summed E-state index contributed by atoms with van der Waals surface area (Å²) in [6.45, 7) is 4.65. The molecule has 28 heavy (non-hydrogen) atoms. The van der Waals surface area contributed by atoms with Gasteiger partial charge >= 0.3 is 0 Å². The van der Waals surface area contributed by atoms with Gasteiger partial charge in [0.25, 0.3) is 0 Å². The molecule has 3 rings (SSSR count). The number of aromatic amines is 1. The Morgan fingerprint density at radius 3 is 2.64 bits per heavy atom. The number of hydrogen-bond acceptors (Lipinski definition) is 3. The van der Waals surface area contributed by atoms with E-state index >= 15 is 0 Å². The van der Waals surface area contributed by atoms with Crippen molar-refractivity contribution in [2.75, 3.05) is 6.61 Å². The number of H-pyrrole nitrogens is 1. The highest BCUT2D eigenvalue weighted by Crippen LogP contribution is 2.22. The topological polar surface area (TPSA) is 67.0 Å². The average molecular weight is 383 g/mol. The lowest BCUT2D eigenvalue weighted by Crippen LogP contribution is -2.30. The van der Waals surface area contributed by atoms with E-state index in [1.165, 1.54) is 12.1 Å². The summed E-state index contributed by atoms with van der Waals surface area (Å²) >= 11 is 0. The van der Waals surface area contributed by atoms with Crippen molar-refractivity contribution in [1.82, 2.24) is 15.3 Å². The first-order chi connectivity index (χ1) is 13.5. The van der Waals surface area contributed by atoms with Gasteiger partial charge in [-0.05, 0) is 55.2 Å². The molecule has 5 nitrogen and oxygen atoms in total. The molecule has 0 saturated heterocycles. The molecule has 0 saturated carbocycles. The first-order valence-corrected chi connectivity index (χ1v) is 9.63. The number of rotatable bonds is 9. The molecular weight excluding hydrogens is 357 g/mol. The summed E-state index contributed by atoms with van der Waals surface area (Å²) in [6, 6.07) is 13.6. The summed E-state index contributed by atoms with van der Waals surface area (Å²) in [7, 11) is 0. The van der Waals surface area contributed by atoms with Crippen LogP contribution >= 0.6 is 0 Å². The minimum absolute atomic E-state index is 0.0335. The zero-order valence-electron chi connectivity index (χ0n) is 16.2. The molecule has 0 spiro atoms. The SMILES string of the molecule is CC(C)C[C@H](NC(=O)CCCOc1ccc(F)cc1)c1nc2ccccc2[nH]1. The fourth-order valence-electron chi connectivity index (χ4n) is 3.07. The standard InChI is InChI=1S/C22H26FN3O2/c1-15(2)14-20(22-25-18-6-3-4-7-19(18)26-22)24-21(27)8-5-13-28-17-11-9-16(23)10-12-17/h3-4,6-7,9-12,15,20H,5,8,13-14H2,1-2H3,(H,24,27)(H,25,26)/t20-/m0/s1. The Bertz CT molecular complexity index is 873. The minimum Gasteiger partial charge on any atom is -0.494 e. The second-order valence-corrected chi connectivity index (χ2v) is 7.29. The van der Waals surface area contributed by atoms with E-state index in [9.17, 15) is 9.18 Å². The van der Waals surface area contributed by atoms with Crippen LogP contribution in [0.15, 0.2) is 48.5 Å². The van der Waals surface area contributed by atoms with E-state index in [4.69, 9.17) is 4.74 Å². The lowest BCUT2D eigenvalue weighted by atomic mass is 10.0. The van der Waals surface area contributed by atoms with Gasteiger partial charge in [0, 0.05) is 6.42 Å². The minimum atomic E-state index is -0.298. The number of hydrogen-bond donors (Lipinski definition) is 2. The second-order valence-electron chi connectivity index (χ2n) is 7.29. The van der Waals surface area contributed by atoms with Gasteiger partial charge in [0.1, 0.15) is 17.4 Å². The number of fused-ring (bicyclic) bond motifs is 1. The predicted octanol–water partition coefficient (Wildman–Crippen LogP) is 4.76. The summed E-state index contributed by atoms with van der Waals surface area (Å²) in [6.07, 6.45) is 1.74. The van der Waals surface area contributed by atoms with Crippen molar-refractivity contribution < 1.29 is 13.9 Å². The Kier molecular flexibility index (Phi) is 6.63. The molecule has 1 amide bonds. The van der Waals surface area contributed by atoms with Crippen LogP contribution < -0.4 is 10.1 Å². The molecule has 1 atom stereocenters. The maximum absolute atomic E-state index is 12.9.